The van der Waals surface area contributed by atoms with Crippen molar-refractivity contribution >= 4 is 22.0 Å². The molecule has 2 nitrogen and oxygen atoms in total. The molecule has 3 heteroatoms. The highest BCUT2D eigenvalue weighted by Gasteiger charge is 2.12. The second-order valence-corrected chi connectivity index (χ2v) is 4.61. The van der Waals surface area contributed by atoms with Gasteiger partial charge in [-0.25, -0.2) is 0 Å². The fourth-order valence-electron chi connectivity index (χ4n) is 1.79. The molecule has 76 valence electrons. The zero-order chi connectivity index (χ0) is 9.97. The third-order valence-corrected chi connectivity index (χ3v) is 3.05. The molecule has 0 spiro atoms. The molecule has 0 amide bonds. The van der Waals surface area contributed by atoms with Crippen molar-refractivity contribution in [2.75, 3.05) is 0 Å². The zero-order valence-electron chi connectivity index (χ0n) is 8.00. The summed E-state index contributed by atoms with van der Waals surface area (Å²) in [6.07, 6.45) is 8.47. The van der Waals surface area contributed by atoms with Gasteiger partial charge in [-0.15, -0.1) is 0 Å². The SMILES string of the molecule is NC1CCC(=Cc2coc(Br)c2)CC1. The zero-order valence-corrected chi connectivity index (χ0v) is 9.59. The predicted molar refractivity (Wildman–Crippen MR) is 60.8 cm³/mol. The van der Waals surface area contributed by atoms with Crippen LogP contribution in [0, 0.1) is 0 Å². The molecular formula is C11H14BrNO. The lowest BCUT2D eigenvalue weighted by Crippen LogP contribution is -2.23. The van der Waals surface area contributed by atoms with Gasteiger partial charge in [0.25, 0.3) is 0 Å². The third-order valence-electron chi connectivity index (χ3n) is 2.63. The van der Waals surface area contributed by atoms with Gasteiger partial charge in [-0.1, -0.05) is 11.6 Å². The summed E-state index contributed by atoms with van der Waals surface area (Å²) in [7, 11) is 0. The highest BCUT2D eigenvalue weighted by molar-refractivity contribution is 9.10. The molecule has 1 aliphatic carbocycles. The van der Waals surface area contributed by atoms with Gasteiger partial charge in [-0.05, 0) is 47.7 Å². The standard InChI is InChI=1S/C11H14BrNO/c12-11-6-9(7-14-11)5-8-1-3-10(13)4-2-8/h5-7,10H,1-4,13H2. The van der Waals surface area contributed by atoms with Crippen molar-refractivity contribution in [3.8, 4) is 0 Å². The van der Waals surface area contributed by atoms with Crippen molar-refractivity contribution in [1.82, 2.24) is 0 Å². The summed E-state index contributed by atoms with van der Waals surface area (Å²) in [5.41, 5.74) is 8.47. The minimum Gasteiger partial charge on any atom is -0.457 e. The summed E-state index contributed by atoms with van der Waals surface area (Å²) in [5.74, 6) is 0. The average Bonchev–Trinajstić information content (AvgIpc) is 2.56. The molecule has 14 heavy (non-hydrogen) atoms. The van der Waals surface area contributed by atoms with E-state index in [1.54, 1.807) is 6.26 Å². The first-order valence-electron chi connectivity index (χ1n) is 4.93. The molecule has 1 saturated carbocycles. The van der Waals surface area contributed by atoms with Crippen LogP contribution in [0.1, 0.15) is 31.2 Å². The van der Waals surface area contributed by atoms with Crippen LogP contribution >= 0.6 is 15.9 Å². The topological polar surface area (TPSA) is 39.2 Å². The van der Waals surface area contributed by atoms with Crippen molar-refractivity contribution in [1.29, 1.82) is 0 Å². The molecule has 2 rings (SSSR count). The van der Waals surface area contributed by atoms with E-state index >= 15 is 0 Å². The maximum atomic E-state index is 5.84. The van der Waals surface area contributed by atoms with Gasteiger partial charge >= 0.3 is 0 Å². The van der Waals surface area contributed by atoms with Crippen LogP contribution in [0.4, 0.5) is 0 Å². The second-order valence-electron chi connectivity index (χ2n) is 3.82. The molecule has 1 heterocycles. The Morgan fingerprint density at radius 3 is 2.71 bits per heavy atom. The maximum Gasteiger partial charge on any atom is 0.169 e. The summed E-state index contributed by atoms with van der Waals surface area (Å²) in [6, 6.07) is 2.39. The number of rotatable bonds is 1. The number of allylic oxidation sites excluding steroid dienone is 1. The van der Waals surface area contributed by atoms with Crippen LogP contribution < -0.4 is 5.73 Å². The van der Waals surface area contributed by atoms with E-state index in [1.807, 2.05) is 6.07 Å². The van der Waals surface area contributed by atoms with Crippen molar-refractivity contribution in [2.45, 2.75) is 31.7 Å². The molecule has 1 aliphatic rings. The Morgan fingerprint density at radius 1 is 1.43 bits per heavy atom. The van der Waals surface area contributed by atoms with E-state index in [0.29, 0.717) is 6.04 Å². The molecule has 0 atom stereocenters. The smallest absolute Gasteiger partial charge is 0.169 e. The first-order chi connectivity index (χ1) is 6.74. The van der Waals surface area contributed by atoms with E-state index in [1.165, 1.54) is 5.57 Å². The van der Waals surface area contributed by atoms with Crippen LogP contribution in [0.5, 0.6) is 0 Å². The summed E-state index contributed by atoms with van der Waals surface area (Å²) >= 11 is 3.29. The Hall–Kier alpha value is -0.540. The van der Waals surface area contributed by atoms with Gasteiger partial charge in [-0.2, -0.15) is 0 Å². The van der Waals surface area contributed by atoms with Gasteiger partial charge in [0.2, 0.25) is 0 Å². The number of furan rings is 1. The van der Waals surface area contributed by atoms with Crippen LogP contribution in [0.3, 0.4) is 0 Å². The van der Waals surface area contributed by atoms with Gasteiger partial charge in [0, 0.05) is 11.6 Å². The third kappa shape index (κ3) is 2.49. The Morgan fingerprint density at radius 2 is 2.14 bits per heavy atom. The monoisotopic (exact) mass is 255 g/mol. The van der Waals surface area contributed by atoms with Gasteiger partial charge < -0.3 is 10.2 Å². The molecule has 1 fully saturated rings. The Kier molecular flexibility index (Phi) is 3.08. The Bertz CT molecular complexity index is 333. The maximum absolute atomic E-state index is 5.84. The number of hydrogen-bond acceptors (Lipinski definition) is 2. The molecule has 1 aromatic heterocycles. The van der Waals surface area contributed by atoms with E-state index in [0.717, 1.165) is 35.9 Å². The lowest BCUT2D eigenvalue weighted by atomic mass is 9.90. The molecule has 2 N–H and O–H groups in total. The summed E-state index contributed by atoms with van der Waals surface area (Å²) in [6.45, 7) is 0. The molecule has 0 aliphatic heterocycles. The second kappa shape index (κ2) is 4.32. The van der Waals surface area contributed by atoms with Crippen molar-refractivity contribution in [3.05, 3.63) is 28.1 Å². The number of halogens is 1. The summed E-state index contributed by atoms with van der Waals surface area (Å²) in [4.78, 5) is 0. The van der Waals surface area contributed by atoms with Crippen molar-refractivity contribution in [3.63, 3.8) is 0 Å². The molecular weight excluding hydrogens is 242 g/mol. The first-order valence-corrected chi connectivity index (χ1v) is 5.72. The van der Waals surface area contributed by atoms with Gasteiger partial charge in [0.15, 0.2) is 4.67 Å². The summed E-state index contributed by atoms with van der Waals surface area (Å²) < 4.78 is 5.96. The van der Waals surface area contributed by atoms with Gasteiger partial charge in [0.05, 0.1) is 6.26 Å². The minimum absolute atomic E-state index is 0.406. The van der Waals surface area contributed by atoms with Crippen LogP contribution in [-0.4, -0.2) is 6.04 Å². The largest absolute Gasteiger partial charge is 0.457 e. The Labute approximate surface area is 92.3 Å². The number of nitrogens with two attached hydrogens (primary N) is 1. The van der Waals surface area contributed by atoms with Gasteiger partial charge in [-0.3, -0.25) is 0 Å². The minimum atomic E-state index is 0.406. The lowest BCUT2D eigenvalue weighted by Gasteiger charge is -2.19. The lowest BCUT2D eigenvalue weighted by molar-refractivity contribution is 0.514. The fraction of sp³-hybridized carbons (Fsp3) is 0.455. The highest BCUT2D eigenvalue weighted by Crippen LogP contribution is 2.25. The van der Waals surface area contributed by atoms with E-state index in [4.69, 9.17) is 10.2 Å². The molecule has 0 aromatic carbocycles. The van der Waals surface area contributed by atoms with Crippen molar-refractivity contribution < 1.29 is 4.42 Å². The summed E-state index contributed by atoms with van der Waals surface area (Å²) in [5, 5.41) is 0. The van der Waals surface area contributed by atoms with E-state index in [9.17, 15) is 0 Å². The van der Waals surface area contributed by atoms with Crippen LogP contribution in [0.25, 0.3) is 6.08 Å². The predicted octanol–water partition coefficient (Wildman–Crippen LogP) is 3.33. The normalized spacial score (nSPS) is 22.4. The average molecular weight is 256 g/mol. The highest BCUT2D eigenvalue weighted by atomic mass is 79.9. The number of hydrogen-bond donors (Lipinski definition) is 1. The molecule has 1 aromatic rings. The fourth-order valence-corrected chi connectivity index (χ4v) is 2.15. The van der Waals surface area contributed by atoms with E-state index in [-0.39, 0.29) is 0 Å². The first kappa shape index (κ1) is 9.99. The van der Waals surface area contributed by atoms with Crippen molar-refractivity contribution in [2.24, 2.45) is 5.73 Å². The van der Waals surface area contributed by atoms with E-state index < -0.39 is 0 Å². The molecule has 0 unspecified atom stereocenters. The molecule has 0 bridgehead atoms. The van der Waals surface area contributed by atoms with E-state index in [2.05, 4.69) is 22.0 Å². The van der Waals surface area contributed by atoms with Crippen LogP contribution in [0.2, 0.25) is 0 Å². The molecule has 0 radical (unpaired) electrons. The van der Waals surface area contributed by atoms with Crippen LogP contribution in [-0.2, 0) is 0 Å². The quantitative estimate of drug-likeness (QED) is 0.837. The molecule has 0 saturated heterocycles. The van der Waals surface area contributed by atoms with Gasteiger partial charge in [0.1, 0.15) is 0 Å². The van der Waals surface area contributed by atoms with Crippen LogP contribution in [0.15, 0.2) is 27.0 Å². The Balaban J connectivity index is 2.04.